The Labute approximate surface area is 115 Å². The van der Waals surface area contributed by atoms with Crippen LogP contribution >= 0.6 is 0 Å². The molecule has 0 aromatic heterocycles. The van der Waals surface area contributed by atoms with Crippen molar-refractivity contribution in [3.8, 4) is 17.9 Å². The first-order valence-corrected chi connectivity index (χ1v) is 4.27. The maximum atomic E-state index is 13.3. The quantitative estimate of drug-likeness (QED) is 0.260. The topological polar surface area (TPSA) is 71.4 Å². The van der Waals surface area contributed by atoms with E-state index in [1.165, 1.54) is 0 Å². The molecule has 0 saturated heterocycles. The van der Waals surface area contributed by atoms with Gasteiger partial charge in [0, 0.05) is 0 Å². The Morgan fingerprint density at radius 1 is 0.632 bits per heavy atom. The summed E-state index contributed by atoms with van der Waals surface area (Å²) in [4.78, 5) is 0. The summed E-state index contributed by atoms with van der Waals surface area (Å²) in [6.45, 7) is 0. The molecule has 0 atom stereocenters. The van der Waals surface area contributed by atoms with Crippen LogP contribution in [0.2, 0.25) is 0 Å². The Hall–Kier alpha value is -2.00. The Morgan fingerprint density at radius 3 is 1.16 bits per heavy atom. The van der Waals surface area contributed by atoms with Crippen molar-refractivity contribution in [1.29, 1.82) is 15.8 Å². The first kappa shape index (κ1) is 17.0. The maximum absolute atomic E-state index is 13.3. The van der Waals surface area contributed by atoms with Crippen LogP contribution in [0.5, 0.6) is 0 Å². The molecular weight excluding hydrogens is 263 g/mol. The molecule has 0 heterocycles. The van der Waals surface area contributed by atoms with Gasteiger partial charge in [-0.25, -0.2) is 37.7 Å². The van der Waals surface area contributed by atoms with Gasteiger partial charge in [-0.3, -0.25) is 0 Å². The van der Waals surface area contributed by atoms with Crippen LogP contribution in [0.1, 0.15) is 0 Å². The summed E-state index contributed by atoms with van der Waals surface area (Å²) in [6.07, 6.45) is -3.85. The fourth-order valence-corrected chi connectivity index (χ4v) is 1.28. The van der Waals surface area contributed by atoms with Gasteiger partial charge in [0.15, 0.2) is 17.5 Å². The third-order valence-corrected chi connectivity index (χ3v) is 2.26. The van der Waals surface area contributed by atoms with Crippen molar-refractivity contribution in [1.82, 2.24) is 0 Å². The van der Waals surface area contributed by atoms with E-state index in [1.807, 2.05) is 0 Å². The second-order valence-corrected chi connectivity index (χ2v) is 3.24. The number of hydrogen-bond donors (Lipinski definition) is 0. The van der Waals surface area contributed by atoms with Crippen LogP contribution in [0.15, 0.2) is 0 Å². The number of rotatable bonds is 1. The summed E-state index contributed by atoms with van der Waals surface area (Å²) in [5.41, 5.74) is -1.71. The summed E-state index contributed by atoms with van der Waals surface area (Å²) in [6, 6.07) is 0. The minimum atomic E-state index is -3.85. The largest absolute Gasteiger partial charge is 1.00 e. The number of halogens is 5. The van der Waals surface area contributed by atoms with E-state index < -0.39 is 40.7 Å². The number of nitriles is 3. The Kier molecular flexibility index (Phi) is 5.16. The molecule has 3 nitrogen and oxygen atoms in total. The summed E-state index contributed by atoms with van der Waals surface area (Å²) in [5, 5.41) is 25.8. The standard InChI is InChI=1S/C9BF5N3.Li/c11-5-4(10(1-16,2-17)3-18)6(12)8(14)9(15)7(5)13;/q-1;+1. The van der Waals surface area contributed by atoms with Crippen molar-refractivity contribution in [2.75, 3.05) is 0 Å². The number of nitrogens with zero attached hydrogens (tertiary/aromatic N) is 3. The summed E-state index contributed by atoms with van der Waals surface area (Å²) in [5.74, 6) is -8.77. The van der Waals surface area contributed by atoms with Gasteiger partial charge in [0.1, 0.15) is 11.6 Å². The molecular formula is C9BF5LiN3. The van der Waals surface area contributed by atoms with Crippen LogP contribution in [0.3, 0.4) is 0 Å². The van der Waals surface area contributed by atoms with Gasteiger partial charge in [0.25, 0.3) is 0 Å². The van der Waals surface area contributed by atoms with Crippen LogP contribution in [0.4, 0.5) is 22.0 Å². The average Bonchev–Trinajstić information content (AvgIpc) is 2.39. The summed E-state index contributed by atoms with van der Waals surface area (Å²) in [7, 11) is 0. The molecule has 1 aromatic rings. The van der Waals surface area contributed by atoms with Gasteiger partial charge in [-0.15, -0.1) is 17.9 Å². The Bertz CT molecular complexity index is 593. The molecule has 1 aromatic carbocycles. The molecule has 0 aliphatic heterocycles. The fraction of sp³-hybridized carbons (Fsp3) is 0. The van der Waals surface area contributed by atoms with Gasteiger partial charge in [-0.2, -0.15) is 0 Å². The van der Waals surface area contributed by atoms with E-state index in [-0.39, 0.29) is 18.9 Å². The monoisotopic (exact) mass is 263 g/mol. The van der Waals surface area contributed by atoms with Gasteiger partial charge < -0.3 is 0 Å². The smallest absolute Gasteiger partial charge is 0.246 e. The predicted molar refractivity (Wildman–Crippen MR) is 48.5 cm³/mol. The fourth-order valence-electron chi connectivity index (χ4n) is 1.28. The van der Waals surface area contributed by atoms with E-state index >= 15 is 0 Å². The zero-order valence-corrected chi connectivity index (χ0v) is 9.31. The SMILES string of the molecule is N#C[B-](C#N)(C#N)c1c(F)c(F)c(F)c(F)c1F.[Li+]. The van der Waals surface area contributed by atoms with E-state index in [0.29, 0.717) is 0 Å². The van der Waals surface area contributed by atoms with Crippen LogP contribution in [-0.4, -0.2) is 6.15 Å². The first-order chi connectivity index (χ1) is 8.36. The third-order valence-electron chi connectivity index (χ3n) is 2.26. The second kappa shape index (κ2) is 5.76. The first-order valence-electron chi connectivity index (χ1n) is 4.27. The zero-order valence-electron chi connectivity index (χ0n) is 9.31. The molecule has 0 amide bonds. The zero-order chi connectivity index (χ0) is 14.1. The van der Waals surface area contributed by atoms with Gasteiger partial charge in [0.05, 0.1) is 0 Å². The van der Waals surface area contributed by atoms with Crippen molar-refractivity contribution in [2.45, 2.75) is 0 Å². The molecule has 0 unspecified atom stereocenters. The van der Waals surface area contributed by atoms with Crippen molar-refractivity contribution in [3.05, 3.63) is 29.1 Å². The second-order valence-electron chi connectivity index (χ2n) is 3.24. The molecule has 0 bridgehead atoms. The van der Waals surface area contributed by atoms with E-state index in [2.05, 4.69) is 0 Å². The molecule has 0 spiro atoms. The summed E-state index contributed by atoms with van der Waals surface area (Å²) >= 11 is 0. The van der Waals surface area contributed by atoms with Crippen molar-refractivity contribution >= 4 is 11.6 Å². The molecule has 0 aliphatic carbocycles. The van der Waals surface area contributed by atoms with E-state index in [0.717, 1.165) is 17.9 Å². The average molecular weight is 263 g/mol. The number of benzene rings is 1. The van der Waals surface area contributed by atoms with Gasteiger partial charge in [0.2, 0.25) is 0 Å². The van der Waals surface area contributed by atoms with E-state index in [1.54, 1.807) is 0 Å². The molecule has 1 rings (SSSR count). The third kappa shape index (κ3) is 2.29. The summed E-state index contributed by atoms with van der Waals surface area (Å²) < 4.78 is 65.1. The van der Waals surface area contributed by atoms with Crippen LogP contribution in [0, 0.1) is 62.8 Å². The molecule has 0 aliphatic rings. The molecule has 19 heavy (non-hydrogen) atoms. The Morgan fingerprint density at radius 2 is 0.895 bits per heavy atom. The normalized spacial score (nSPS) is 9.79. The van der Waals surface area contributed by atoms with E-state index in [9.17, 15) is 22.0 Å². The van der Waals surface area contributed by atoms with E-state index in [4.69, 9.17) is 15.8 Å². The minimum Gasteiger partial charge on any atom is -0.246 e. The molecule has 10 heteroatoms. The molecule has 0 fully saturated rings. The van der Waals surface area contributed by atoms with Crippen LogP contribution < -0.4 is 24.3 Å². The number of hydrogen-bond acceptors (Lipinski definition) is 3. The molecule has 90 valence electrons. The van der Waals surface area contributed by atoms with Crippen LogP contribution in [-0.2, 0) is 0 Å². The van der Waals surface area contributed by atoms with Crippen molar-refractivity contribution < 1.29 is 40.8 Å². The minimum absolute atomic E-state index is 0. The van der Waals surface area contributed by atoms with Crippen molar-refractivity contribution in [3.63, 3.8) is 0 Å². The molecule has 0 saturated carbocycles. The Balaban J connectivity index is 0.00000324. The van der Waals surface area contributed by atoms with Gasteiger partial charge in [-0.05, 0) is 0 Å². The molecule has 0 N–H and O–H groups in total. The van der Waals surface area contributed by atoms with Crippen LogP contribution in [0.25, 0.3) is 0 Å². The predicted octanol–water partition coefficient (Wildman–Crippen LogP) is -1.77. The van der Waals surface area contributed by atoms with Gasteiger partial charge in [-0.1, -0.05) is 5.46 Å². The van der Waals surface area contributed by atoms with Crippen molar-refractivity contribution in [2.24, 2.45) is 0 Å². The molecule has 0 radical (unpaired) electrons. The van der Waals surface area contributed by atoms with Gasteiger partial charge >= 0.3 is 25.0 Å². The maximum Gasteiger partial charge on any atom is 1.00 e.